The van der Waals surface area contributed by atoms with E-state index < -0.39 is 5.91 Å². The third kappa shape index (κ3) is 3.59. The van der Waals surface area contributed by atoms with Gasteiger partial charge in [-0.25, -0.2) is 0 Å². The van der Waals surface area contributed by atoms with Crippen LogP contribution in [0.3, 0.4) is 0 Å². The van der Waals surface area contributed by atoms with Crippen LogP contribution in [0.15, 0.2) is 64.3 Å². The van der Waals surface area contributed by atoms with Crippen molar-refractivity contribution in [3.63, 3.8) is 0 Å². The average molecular weight is 468 g/mol. The van der Waals surface area contributed by atoms with E-state index in [0.29, 0.717) is 21.8 Å². The molecule has 3 aromatic rings. The molecule has 6 nitrogen and oxygen atoms in total. The molecule has 3 heterocycles. The molecule has 5 rings (SSSR count). The fraction of sp³-hybridized carbons (Fsp3) is 0.0909. The molecule has 0 fully saturated rings. The van der Waals surface area contributed by atoms with Gasteiger partial charge < -0.3 is 4.57 Å². The van der Waals surface area contributed by atoms with Crippen LogP contribution in [0.25, 0.3) is 17.0 Å². The second-order valence-electron chi connectivity index (χ2n) is 7.10. The molecule has 0 saturated heterocycles. The van der Waals surface area contributed by atoms with Gasteiger partial charge in [0.15, 0.2) is 5.84 Å². The highest BCUT2D eigenvalue weighted by Gasteiger charge is 2.34. The van der Waals surface area contributed by atoms with Gasteiger partial charge in [-0.2, -0.15) is 15.1 Å². The number of hydrogen-bond donors (Lipinski definition) is 1. The van der Waals surface area contributed by atoms with Crippen LogP contribution in [0, 0.1) is 5.41 Å². The van der Waals surface area contributed by atoms with Crippen molar-refractivity contribution in [2.24, 2.45) is 10.1 Å². The van der Waals surface area contributed by atoms with Crippen molar-refractivity contribution in [1.82, 2.24) is 9.58 Å². The summed E-state index contributed by atoms with van der Waals surface area (Å²) in [6.45, 7) is 2.36. The number of rotatable bonds is 3. The van der Waals surface area contributed by atoms with E-state index in [1.165, 1.54) is 16.8 Å². The number of hydrogen-bond acceptors (Lipinski definition) is 4. The van der Waals surface area contributed by atoms with Crippen LogP contribution in [0.5, 0.6) is 0 Å². The van der Waals surface area contributed by atoms with Gasteiger partial charge in [-0.1, -0.05) is 47.5 Å². The first-order chi connectivity index (χ1) is 14.9. The molecule has 2 aliphatic rings. The summed E-state index contributed by atoms with van der Waals surface area (Å²) >= 11 is 13.7. The van der Waals surface area contributed by atoms with Crippen molar-refractivity contribution in [3.8, 4) is 0 Å². The maximum atomic E-state index is 12.6. The van der Waals surface area contributed by atoms with Crippen LogP contribution >= 0.6 is 35.0 Å². The molecular weight excluding hydrogens is 453 g/mol. The molecule has 0 radical (unpaired) electrons. The van der Waals surface area contributed by atoms with Gasteiger partial charge in [0.25, 0.3) is 5.91 Å². The van der Waals surface area contributed by atoms with Crippen molar-refractivity contribution in [3.05, 3.63) is 75.4 Å². The zero-order chi connectivity index (χ0) is 21.7. The molecule has 1 aromatic heterocycles. The minimum atomic E-state index is -0.439. The molecule has 0 bridgehead atoms. The lowest BCUT2D eigenvalue weighted by molar-refractivity contribution is -0.114. The number of para-hydroxylation sites is 1. The minimum absolute atomic E-state index is 0.0249. The van der Waals surface area contributed by atoms with E-state index in [9.17, 15) is 4.79 Å². The van der Waals surface area contributed by atoms with Crippen molar-refractivity contribution in [2.45, 2.75) is 13.5 Å². The number of thioether (sulfide) groups is 1. The van der Waals surface area contributed by atoms with E-state index in [-0.39, 0.29) is 11.4 Å². The summed E-state index contributed by atoms with van der Waals surface area (Å²) in [5.74, 6) is -0.414. The van der Waals surface area contributed by atoms with E-state index >= 15 is 0 Å². The molecule has 0 atom stereocenters. The lowest BCUT2D eigenvalue weighted by Gasteiger charge is -2.20. The summed E-state index contributed by atoms with van der Waals surface area (Å²) in [5, 5.41) is 17.5. The Balaban J connectivity index is 1.58. The molecule has 0 saturated carbocycles. The normalized spacial score (nSPS) is 17.4. The smallest absolute Gasteiger partial charge is 0.283 e. The predicted octanol–water partition coefficient (Wildman–Crippen LogP) is 5.64. The third-order valence-corrected chi connectivity index (χ3v) is 6.44. The van der Waals surface area contributed by atoms with Crippen LogP contribution in [0.4, 0.5) is 0 Å². The van der Waals surface area contributed by atoms with Gasteiger partial charge in [0.2, 0.25) is 5.17 Å². The van der Waals surface area contributed by atoms with Crippen LogP contribution < -0.4 is 0 Å². The van der Waals surface area contributed by atoms with Crippen molar-refractivity contribution in [1.29, 1.82) is 5.41 Å². The summed E-state index contributed by atoms with van der Waals surface area (Å²) in [4.78, 5) is 16.7. The molecule has 2 aromatic carbocycles. The number of aromatic nitrogens is 1. The molecule has 9 heteroatoms. The number of hydrazone groups is 1. The van der Waals surface area contributed by atoms with Gasteiger partial charge in [-0.3, -0.25) is 10.2 Å². The highest BCUT2D eigenvalue weighted by atomic mass is 35.5. The van der Waals surface area contributed by atoms with Crippen LogP contribution in [-0.4, -0.2) is 31.5 Å². The number of carbonyl (C=O) groups excluding carboxylic acids is 1. The van der Waals surface area contributed by atoms with E-state index in [0.717, 1.165) is 27.1 Å². The first-order valence-corrected chi connectivity index (χ1v) is 11.0. The van der Waals surface area contributed by atoms with Gasteiger partial charge >= 0.3 is 0 Å². The number of benzene rings is 2. The van der Waals surface area contributed by atoms with Crippen LogP contribution in [0.2, 0.25) is 10.0 Å². The zero-order valence-corrected chi connectivity index (χ0v) is 18.6. The van der Waals surface area contributed by atoms with Gasteiger partial charge in [-0.05, 0) is 48.5 Å². The predicted molar refractivity (Wildman–Crippen MR) is 128 cm³/mol. The van der Waals surface area contributed by atoms with E-state index in [1.54, 1.807) is 12.1 Å². The number of halogens is 2. The Hall–Kier alpha value is -2.87. The summed E-state index contributed by atoms with van der Waals surface area (Å²) < 4.78 is 2.07. The summed E-state index contributed by atoms with van der Waals surface area (Å²) in [7, 11) is 0. The van der Waals surface area contributed by atoms with Crippen molar-refractivity contribution < 1.29 is 4.79 Å². The maximum absolute atomic E-state index is 12.6. The molecule has 31 heavy (non-hydrogen) atoms. The van der Waals surface area contributed by atoms with E-state index in [1.807, 2.05) is 49.5 Å². The average Bonchev–Trinajstić information content (AvgIpc) is 3.27. The van der Waals surface area contributed by atoms with Gasteiger partial charge in [0.1, 0.15) is 0 Å². The van der Waals surface area contributed by atoms with Crippen LogP contribution in [-0.2, 0) is 11.3 Å². The lowest BCUT2D eigenvalue weighted by Crippen LogP contribution is -2.35. The second-order valence-corrected chi connectivity index (χ2v) is 9.11. The van der Waals surface area contributed by atoms with Crippen molar-refractivity contribution >= 4 is 73.9 Å². The Morgan fingerprint density at radius 3 is 2.81 bits per heavy atom. The van der Waals surface area contributed by atoms with Gasteiger partial charge in [0.05, 0.1) is 10.6 Å². The van der Waals surface area contributed by atoms with Gasteiger partial charge in [-0.15, -0.1) is 0 Å². The summed E-state index contributed by atoms with van der Waals surface area (Å²) in [6, 6.07) is 13.3. The molecule has 0 unspecified atom stereocenters. The molecule has 2 aliphatic heterocycles. The third-order valence-electron chi connectivity index (χ3n) is 5.03. The SMILES string of the molecule is CC1=NN2C(=N)/C(=C/c3cn(Cc4ccc(Cl)cc4Cl)c4ccccc34)C(=O)N=C2S1. The number of amidine groups is 2. The maximum Gasteiger partial charge on any atom is 0.283 e. The second kappa shape index (κ2) is 7.67. The van der Waals surface area contributed by atoms with Crippen molar-refractivity contribution in [2.75, 3.05) is 0 Å². The Morgan fingerprint density at radius 2 is 2.00 bits per heavy atom. The van der Waals surface area contributed by atoms with Gasteiger partial charge in [0, 0.05) is 39.3 Å². The lowest BCUT2D eigenvalue weighted by atomic mass is 10.1. The topological polar surface area (TPSA) is 73.8 Å². The van der Waals surface area contributed by atoms with Crippen LogP contribution in [0.1, 0.15) is 18.1 Å². The number of amides is 1. The molecule has 1 amide bonds. The Bertz CT molecular complexity index is 1370. The molecule has 0 spiro atoms. The largest absolute Gasteiger partial charge is 0.342 e. The monoisotopic (exact) mass is 467 g/mol. The minimum Gasteiger partial charge on any atom is -0.342 e. The summed E-state index contributed by atoms with van der Waals surface area (Å²) in [6.07, 6.45) is 3.66. The highest BCUT2D eigenvalue weighted by Crippen LogP contribution is 2.31. The van der Waals surface area contributed by atoms with E-state index in [4.69, 9.17) is 28.6 Å². The Morgan fingerprint density at radius 1 is 1.19 bits per heavy atom. The standard InChI is InChI=1S/C22H15Cl2N5OS/c1-12-27-29-20(25)17(21(30)26-22(29)31-12)8-14-11-28(19-5-3-2-4-16(14)19)10-13-6-7-15(23)9-18(13)24/h2-9,11,25H,10H2,1H3/b17-8-,25-20?. The molecule has 0 aliphatic carbocycles. The molecule has 154 valence electrons. The van der Waals surface area contributed by atoms with E-state index in [2.05, 4.69) is 14.7 Å². The number of nitrogens with zero attached hydrogens (tertiary/aromatic N) is 4. The highest BCUT2D eigenvalue weighted by molar-refractivity contribution is 8.26. The molecular formula is C22H15Cl2N5OS. The number of nitrogens with one attached hydrogen (secondary N) is 1. The number of carbonyl (C=O) groups is 1. The Labute approximate surface area is 192 Å². The zero-order valence-electron chi connectivity index (χ0n) is 16.3. The Kier molecular flexibility index (Phi) is 4.97. The number of aliphatic imine (C=N–C) groups is 1. The summed E-state index contributed by atoms with van der Waals surface area (Å²) in [5.41, 5.74) is 2.95. The fourth-order valence-electron chi connectivity index (χ4n) is 3.60. The first-order valence-electron chi connectivity index (χ1n) is 9.39. The quantitative estimate of drug-likeness (QED) is 0.506. The fourth-order valence-corrected chi connectivity index (χ4v) is 4.80. The first kappa shape index (κ1) is 20.1. The molecule has 1 N–H and O–H groups in total. The number of fused-ring (bicyclic) bond motifs is 2.